The lowest BCUT2D eigenvalue weighted by molar-refractivity contribution is 0.178. The standard InChI is InChI=1S/C11H26N2O/c1-9(2)7-13(10(3)4)6-5-11(12)8-14/h9-11,14H,5-8,12H2,1-4H3. The van der Waals surface area contributed by atoms with E-state index in [0.717, 1.165) is 19.5 Å². The van der Waals surface area contributed by atoms with Crippen molar-refractivity contribution in [3.63, 3.8) is 0 Å². The van der Waals surface area contributed by atoms with Crippen molar-refractivity contribution in [3.05, 3.63) is 0 Å². The van der Waals surface area contributed by atoms with Crippen LogP contribution in [-0.2, 0) is 0 Å². The zero-order valence-electron chi connectivity index (χ0n) is 10.0. The Hall–Kier alpha value is -0.120. The lowest BCUT2D eigenvalue weighted by Crippen LogP contribution is -2.38. The highest BCUT2D eigenvalue weighted by atomic mass is 16.3. The van der Waals surface area contributed by atoms with E-state index in [9.17, 15) is 0 Å². The van der Waals surface area contributed by atoms with E-state index >= 15 is 0 Å². The molecular weight excluding hydrogens is 176 g/mol. The average Bonchev–Trinajstić information content (AvgIpc) is 2.10. The molecule has 0 radical (unpaired) electrons. The number of nitrogens with zero attached hydrogens (tertiary/aromatic N) is 1. The molecule has 1 atom stereocenters. The number of hydrogen-bond donors (Lipinski definition) is 2. The Morgan fingerprint density at radius 2 is 1.79 bits per heavy atom. The minimum Gasteiger partial charge on any atom is -0.395 e. The largest absolute Gasteiger partial charge is 0.395 e. The van der Waals surface area contributed by atoms with Gasteiger partial charge in [-0.25, -0.2) is 0 Å². The summed E-state index contributed by atoms with van der Waals surface area (Å²) in [5, 5.41) is 8.82. The summed E-state index contributed by atoms with van der Waals surface area (Å²) in [6, 6.07) is 0.492. The summed E-state index contributed by atoms with van der Waals surface area (Å²) in [5.41, 5.74) is 5.68. The SMILES string of the molecule is CC(C)CN(CCC(N)CO)C(C)C. The molecule has 3 N–H and O–H groups in total. The van der Waals surface area contributed by atoms with Crippen LogP contribution in [0.25, 0.3) is 0 Å². The third-order valence-corrected chi connectivity index (χ3v) is 2.35. The molecule has 0 amide bonds. The van der Waals surface area contributed by atoms with E-state index in [1.165, 1.54) is 0 Å². The molecule has 0 aliphatic carbocycles. The maximum absolute atomic E-state index is 8.82. The molecule has 3 heteroatoms. The van der Waals surface area contributed by atoms with E-state index in [1.54, 1.807) is 0 Å². The highest BCUT2D eigenvalue weighted by molar-refractivity contribution is 4.68. The molecule has 0 rings (SSSR count). The van der Waals surface area contributed by atoms with Crippen molar-refractivity contribution < 1.29 is 5.11 Å². The molecule has 0 saturated heterocycles. The second-order valence-electron chi connectivity index (χ2n) is 4.71. The predicted molar refractivity (Wildman–Crippen MR) is 61.2 cm³/mol. The van der Waals surface area contributed by atoms with Gasteiger partial charge in [0.05, 0.1) is 6.61 Å². The molecule has 0 aromatic rings. The Bertz CT molecular complexity index is 137. The number of nitrogens with two attached hydrogens (primary N) is 1. The fourth-order valence-electron chi connectivity index (χ4n) is 1.45. The molecule has 0 aromatic carbocycles. The van der Waals surface area contributed by atoms with Crippen molar-refractivity contribution >= 4 is 0 Å². The molecular formula is C11H26N2O. The van der Waals surface area contributed by atoms with Crippen molar-refractivity contribution in [2.45, 2.75) is 46.2 Å². The Kier molecular flexibility index (Phi) is 7.15. The van der Waals surface area contributed by atoms with Gasteiger partial charge >= 0.3 is 0 Å². The van der Waals surface area contributed by atoms with Crippen molar-refractivity contribution in [2.24, 2.45) is 11.7 Å². The van der Waals surface area contributed by atoms with Gasteiger partial charge in [-0.15, -0.1) is 0 Å². The quantitative estimate of drug-likeness (QED) is 0.649. The molecule has 0 aromatic heterocycles. The molecule has 0 aliphatic rings. The van der Waals surface area contributed by atoms with E-state index in [1.807, 2.05) is 0 Å². The Balaban J connectivity index is 3.85. The van der Waals surface area contributed by atoms with Gasteiger partial charge in [0.2, 0.25) is 0 Å². The van der Waals surface area contributed by atoms with Gasteiger partial charge in [-0.3, -0.25) is 0 Å². The van der Waals surface area contributed by atoms with Crippen LogP contribution in [0.1, 0.15) is 34.1 Å². The van der Waals surface area contributed by atoms with Crippen LogP contribution in [0.5, 0.6) is 0 Å². The second-order valence-corrected chi connectivity index (χ2v) is 4.71. The maximum Gasteiger partial charge on any atom is 0.0583 e. The fourth-order valence-corrected chi connectivity index (χ4v) is 1.45. The number of hydrogen-bond acceptors (Lipinski definition) is 3. The Morgan fingerprint density at radius 1 is 1.21 bits per heavy atom. The summed E-state index contributed by atoms with van der Waals surface area (Å²) in [5.74, 6) is 0.683. The van der Waals surface area contributed by atoms with Crippen LogP contribution in [0.15, 0.2) is 0 Å². The number of rotatable bonds is 7. The van der Waals surface area contributed by atoms with Gasteiger partial charge in [-0.2, -0.15) is 0 Å². The molecule has 1 unspecified atom stereocenters. The van der Waals surface area contributed by atoms with E-state index < -0.39 is 0 Å². The topological polar surface area (TPSA) is 49.5 Å². The van der Waals surface area contributed by atoms with Crippen LogP contribution in [0.2, 0.25) is 0 Å². The summed E-state index contributed by atoms with van der Waals surface area (Å²) in [6.45, 7) is 11.0. The van der Waals surface area contributed by atoms with Gasteiger partial charge in [0.25, 0.3) is 0 Å². The van der Waals surface area contributed by atoms with E-state index in [0.29, 0.717) is 12.0 Å². The van der Waals surface area contributed by atoms with Crippen molar-refractivity contribution in [2.75, 3.05) is 19.7 Å². The third-order valence-electron chi connectivity index (χ3n) is 2.35. The monoisotopic (exact) mass is 202 g/mol. The molecule has 0 fully saturated rings. The maximum atomic E-state index is 8.82. The first kappa shape index (κ1) is 13.9. The first-order chi connectivity index (χ1) is 6.47. The summed E-state index contributed by atoms with van der Waals surface area (Å²) in [6.07, 6.45) is 0.876. The van der Waals surface area contributed by atoms with Gasteiger partial charge in [0, 0.05) is 18.6 Å². The first-order valence-corrected chi connectivity index (χ1v) is 5.57. The summed E-state index contributed by atoms with van der Waals surface area (Å²) < 4.78 is 0. The van der Waals surface area contributed by atoms with Crippen LogP contribution in [0.4, 0.5) is 0 Å². The molecule has 86 valence electrons. The molecule has 0 heterocycles. The second kappa shape index (κ2) is 7.21. The predicted octanol–water partition coefficient (Wildman–Crippen LogP) is 1.06. The van der Waals surface area contributed by atoms with E-state index in [4.69, 9.17) is 10.8 Å². The Morgan fingerprint density at radius 3 is 2.14 bits per heavy atom. The molecule has 0 spiro atoms. The lowest BCUT2D eigenvalue weighted by atomic mass is 10.1. The first-order valence-electron chi connectivity index (χ1n) is 5.57. The third kappa shape index (κ3) is 6.35. The zero-order valence-corrected chi connectivity index (χ0v) is 10.0. The summed E-state index contributed by atoms with van der Waals surface area (Å²) in [4.78, 5) is 2.42. The minimum atomic E-state index is -0.0663. The van der Waals surface area contributed by atoms with Crippen molar-refractivity contribution in [3.8, 4) is 0 Å². The molecule has 14 heavy (non-hydrogen) atoms. The van der Waals surface area contributed by atoms with Gasteiger partial charge in [-0.1, -0.05) is 13.8 Å². The van der Waals surface area contributed by atoms with Gasteiger partial charge in [0.15, 0.2) is 0 Å². The lowest BCUT2D eigenvalue weighted by Gasteiger charge is -2.29. The zero-order chi connectivity index (χ0) is 11.1. The number of aliphatic hydroxyl groups is 1. The fraction of sp³-hybridized carbons (Fsp3) is 1.00. The molecule has 0 bridgehead atoms. The van der Waals surface area contributed by atoms with E-state index in [-0.39, 0.29) is 12.6 Å². The summed E-state index contributed by atoms with van der Waals surface area (Å²) >= 11 is 0. The van der Waals surface area contributed by atoms with Crippen molar-refractivity contribution in [1.29, 1.82) is 0 Å². The van der Waals surface area contributed by atoms with Gasteiger partial charge in [-0.05, 0) is 32.7 Å². The smallest absolute Gasteiger partial charge is 0.0583 e. The Labute approximate surface area is 88.3 Å². The highest BCUT2D eigenvalue weighted by Gasteiger charge is 2.12. The van der Waals surface area contributed by atoms with Gasteiger partial charge < -0.3 is 15.7 Å². The van der Waals surface area contributed by atoms with Crippen molar-refractivity contribution in [1.82, 2.24) is 4.90 Å². The average molecular weight is 202 g/mol. The normalized spacial score (nSPS) is 14.4. The van der Waals surface area contributed by atoms with Crippen LogP contribution >= 0.6 is 0 Å². The minimum absolute atomic E-state index is 0.0663. The molecule has 0 saturated carbocycles. The van der Waals surface area contributed by atoms with Crippen LogP contribution in [0.3, 0.4) is 0 Å². The van der Waals surface area contributed by atoms with Crippen LogP contribution in [-0.4, -0.2) is 41.8 Å². The summed E-state index contributed by atoms with van der Waals surface area (Å²) in [7, 11) is 0. The van der Waals surface area contributed by atoms with Crippen LogP contribution in [0, 0.1) is 5.92 Å². The number of aliphatic hydroxyl groups excluding tert-OH is 1. The molecule has 0 aliphatic heterocycles. The van der Waals surface area contributed by atoms with E-state index in [2.05, 4.69) is 32.6 Å². The van der Waals surface area contributed by atoms with Gasteiger partial charge in [0.1, 0.15) is 0 Å². The van der Waals surface area contributed by atoms with Crippen LogP contribution < -0.4 is 5.73 Å². The highest BCUT2D eigenvalue weighted by Crippen LogP contribution is 2.05. The molecule has 3 nitrogen and oxygen atoms in total.